The first-order valence-corrected chi connectivity index (χ1v) is 3.79. The summed E-state index contributed by atoms with van der Waals surface area (Å²) in [7, 11) is 0. The number of aliphatic hydroxyl groups is 1. The van der Waals surface area contributed by atoms with Crippen molar-refractivity contribution in [2.45, 2.75) is 18.4 Å². The van der Waals surface area contributed by atoms with E-state index in [2.05, 4.69) is 0 Å². The summed E-state index contributed by atoms with van der Waals surface area (Å²) in [5, 5.41) is 9.67. The van der Waals surface area contributed by atoms with Crippen LogP contribution < -0.4 is 5.73 Å². The molecule has 1 aromatic rings. The van der Waals surface area contributed by atoms with Gasteiger partial charge in [-0.15, -0.1) is 0 Å². The summed E-state index contributed by atoms with van der Waals surface area (Å²) >= 11 is 0. The molecule has 0 bridgehead atoms. The number of hydrogen-bond acceptors (Lipinski definition) is 2. The molecule has 11 heavy (non-hydrogen) atoms. The summed E-state index contributed by atoms with van der Waals surface area (Å²) in [4.78, 5) is 0. The molecule has 1 aliphatic rings. The second kappa shape index (κ2) is 1.98. The van der Waals surface area contributed by atoms with E-state index in [9.17, 15) is 5.11 Å². The van der Waals surface area contributed by atoms with Gasteiger partial charge < -0.3 is 10.8 Å². The second-order valence-corrected chi connectivity index (χ2v) is 3.16. The van der Waals surface area contributed by atoms with E-state index in [0.717, 1.165) is 24.1 Å². The van der Waals surface area contributed by atoms with Crippen molar-refractivity contribution in [3.05, 3.63) is 29.8 Å². The van der Waals surface area contributed by atoms with Crippen molar-refractivity contribution in [3.8, 4) is 0 Å². The van der Waals surface area contributed by atoms with Crippen molar-refractivity contribution in [1.82, 2.24) is 0 Å². The number of anilines is 1. The van der Waals surface area contributed by atoms with Crippen LogP contribution in [0.2, 0.25) is 0 Å². The van der Waals surface area contributed by atoms with Gasteiger partial charge in [-0.05, 0) is 30.5 Å². The van der Waals surface area contributed by atoms with E-state index in [0.29, 0.717) is 0 Å². The SMILES string of the molecule is Nc1cccc(C2(O)CC2)c1. The van der Waals surface area contributed by atoms with E-state index in [1.54, 1.807) is 0 Å². The molecule has 0 saturated heterocycles. The Morgan fingerprint density at radius 1 is 1.36 bits per heavy atom. The number of hydrogen-bond donors (Lipinski definition) is 2. The molecular formula is C9H11NO. The predicted octanol–water partition coefficient (Wildman–Crippen LogP) is 1.25. The zero-order valence-electron chi connectivity index (χ0n) is 6.25. The maximum Gasteiger partial charge on any atom is 0.0899 e. The van der Waals surface area contributed by atoms with Gasteiger partial charge in [0.25, 0.3) is 0 Å². The molecule has 1 aromatic carbocycles. The Labute approximate surface area is 65.7 Å². The van der Waals surface area contributed by atoms with Crippen LogP contribution in [0.1, 0.15) is 18.4 Å². The zero-order valence-corrected chi connectivity index (χ0v) is 6.25. The molecule has 0 amide bonds. The van der Waals surface area contributed by atoms with Gasteiger partial charge >= 0.3 is 0 Å². The molecular weight excluding hydrogens is 138 g/mol. The minimum Gasteiger partial charge on any atom is -0.399 e. The van der Waals surface area contributed by atoms with Crippen LogP contribution in [0.4, 0.5) is 5.69 Å². The number of rotatable bonds is 1. The molecule has 0 heterocycles. The third-order valence-electron chi connectivity index (χ3n) is 2.15. The average Bonchev–Trinajstić information content (AvgIpc) is 2.70. The van der Waals surface area contributed by atoms with E-state index in [-0.39, 0.29) is 0 Å². The molecule has 0 aliphatic heterocycles. The highest BCUT2D eigenvalue weighted by atomic mass is 16.3. The molecule has 1 aliphatic carbocycles. The third-order valence-corrected chi connectivity index (χ3v) is 2.15. The molecule has 0 atom stereocenters. The van der Waals surface area contributed by atoms with Crippen LogP contribution in [0.3, 0.4) is 0 Å². The highest BCUT2D eigenvalue weighted by Gasteiger charge is 2.41. The Bertz CT molecular complexity index is 279. The zero-order chi connectivity index (χ0) is 7.90. The number of nitrogen functional groups attached to an aromatic ring is 1. The first kappa shape index (κ1) is 6.68. The molecule has 0 unspecified atom stereocenters. The second-order valence-electron chi connectivity index (χ2n) is 3.16. The Kier molecular flexibility index (Phi) is 1.20. The first-order valence-electron chi connectivity index (χ1n) is 3.79. The van der Waals surface area contributed by atoms with Crippen molar-refractivity contribution in [2.75, 3.05) is 5.73 Å². The average molecular weight is 149 g/mol. The maximum atomic E-state index is 9.67. The molecule has 58 valence electrons. The molecule has 1 saturated carbocycles. The van der Waals surface area contributed by atoms with E-state index < -0.39 is 5.60 Å². The Morgan fingerprint density at radius 2 is 2.09 bits per heavy atom. The van der Waals surface area contributed by atoms with Crippen LogP contribution in [-0.2, 0) is 5.60 Å². The van der Waals surface area contributed by atoms with Crippen LogP contribution in [0.15, 0.2) is 24.3 Å². The minimum atomic E-state index is -0.546. The smallest absolute Gasteiger partial charge is 0.0899 e. The van der Waals surface area contributed by atoms with E-state index in [1.807, 2.05) is 24.3 Å². The van der Waals surface area contributed by atoms with Crippen LogP contribution >= 0.6 is 0 Å². The van der Waals surface area contributed by atoms with Gasteiger partial charge in [-0.3, -0.25) is 0 Å². The molecule has 0 aromatic heterocycles. The molecule has 0 spiro atoms. The van der Waals surface area contributed by atoms with Gasteiger partial charge in [-0.2, -0.15) is 0 Å². The minimum absolute atomic E-state index is 0.546. The molecule has 2 nitrogen and oxygen atoms in total. The van der Waals surface area contributed by atoms with Crippen molar-refractivity contribution in [2.24, 2.45) is 0 Å². The van der Waals surface area contributed by atoms with E-state index in [4.69, 9.17) is 5.73 Å². The molecule has 0 radical (unpaired) electrons. The Hall–Kier alpha value is -1.02. The lowest BCUT2D eigenvalue weighted by Crippen LogP contribution is -2.04. The molecule has 3 N–H and O–H groups in total. The summed E-state index contributed by atoms with van der Waals surface area (Å²) in [5.41, 5.74) is 6.71. The topological polar surface area (TPSA) is 46.2 Å². The summed E-state index contributed by atoms with van der Waals surface area (Å²) in [5.74, 6) is 0. The van der Waals surface area contributed by atoms with Crippen LogP contribution in [0.25, 0.3) is 0 Å². The van der Waals surface area contributed by atoms with E-state index in [1.165, 1.54) is 0 Å². The fourth-order valence-corrected chi connectivity index (χ4v) is 1.24. The van der Waals surface area contributed by atoms with E-state index >= 15 is 0 Å². The fourth-order valence-electron chi connectivity index (χ4n) is 1.24. The van der Waals surface area contributed by atoms with Crippen molar-refractivity contribution >= 4 is 5.69 Å². The largest absolute Gasteiger partial charge is 0.399 e. The predicted molar refractivity (Wildman–Crippen MR) is 44.0 cm³/mol. The number of benzene rings is 1. The Balaban J connectivity index is 2.38. The first-order chi connectivity index (χ1) is 5.21. The monoisotopic (exact) mass is 149 g/mol. The highest BCUT2D eigenvalue weighted by Crippen LogP contribution is 2.45. The van der Waals surface area contributed by atoms with Gasteiger partial charge in [-0.1, -0.05) is 12.1 Å². The highest BCUT2D eigenvalue weighted by molar-refractivity contribution is 5.43. The number of nitrogens with two attached hydrogens (primary N) is 1. The van der Waals surface area contributed by atoms with Crippen LogP contribution in [-0.4, -0.2) is 5.11 Å². The van der Waals surface area contributed by atoms with Gasteiger partial charge in [0.05, 0.1) is 5.60 Å². The fraction of sp³-hybridized carbons (Fsp3) is 0.333. The third kappa shape index (κ3) is 1.10. The summed E-state index contributed by atoms with van der Waals surface area (Å²) < 4.78 is 0. The maximum absolute atomic E-state index is 9.67. The quantitative estimate of drug-likeness (QED) is 0.590. The van der Waals surface area contributed by atoms with Crippen molar-refractivity contribution in [3.63, 3.8) is 0 Å². The van der Waals surface area contributed by atoms with Gasteiger partial charge in [-0.25, -0.2) is 0 Å². The van der Waals surface area contributed by atoms with Gasteiger partial charge in [0.15, 0.2) is 0 Å². The Morgan fingerprint density at radius 3 is 2.64 bits per heavy atom. The lowest BCUT2D eigenvalue weighted by Gasteiger charge is -2.07. The van der Waals surface area contributed by atoms with Crippen LogP contribution in [0, 0.1) is 0 Å². The lowest BCUT2D eigenvalue weighted by atomic mass is 10.1. The summed E-state index contributed by atoms with van der Waals surface area (Å²) in [6, 6.07) is 7.46. The van der Waals surface area contributed by atoms with Crippen molar-refractivity contribution < 1.29 is 5.11 Å². The standard InChI is InChI=1S/C9H11NO/c10-8-3-1-2-7(6-8)9(11)4-5-9/h1-3,6,11H,4-5,10H2. The van der Waals surface area contributed by atoms with Crippen molar-refractivity contribution in [1.29, 1.82) is 0 Å². The molecule has 1 fully saturated rings. The molecule has 2 rings (SSSR count). The summed E-state index contributed by atoms with van der Waals surface area (Å²) in [6.07, 6.45) is 1.74. The van der Waals surface area contributed by atoms with Gasteiger partial charge in [0.2, 0.25) is 0 Å². The molecule has 2 heteroatoms. The van der Waals surface area contributed by atoms with Crippen LogP contribution in [0.5, 0.6) is 0 Å². The van der Waals surface area contributed by atoms with Gasteiger partial charge in [0.1, 0.15) is 0 Å². The summed E-state index contributed by atoms with van der Waals surface area (Å²) in [6.45, 7) is 0. The lowest BCUT2D eigenvalue weighted by molar-refractivity contribution is 0.151. The van der Waals surface area contributed by atoms with Gasteiger partial charge in [0, 0.05) is 5.69 Å². The normalized spacial score (nSPS) is 19.7.